The predicted molar refractivity (Wildman–Crippen MR) is 89.4 cm³/mol. The number of carbonyl (C=O) groups is 3. The molecule has 0 saturated carbocycles. The molecule has 1 saturated heterocycles. The van der Waals surface area contributed by atoms with Crippen molar-refractivity contribution in [2.75, 3.05) is 4.90 Å². The zero-order valence-corrected chi connectivity index (χ0v) is 14.1. The standard InChI is InChI=1S/C16H10ClFN2O4S/c17-10-6-8(3-4-11(10)18)20-13(21)7-12(15(20)22)25-14-9(16(23)24)2-1-5-19-14/h1-6,12H,7H2,(H,23,24)/t12-/m0/s1. The van der Waals surface area contributed by atoms with Crippen LogP contribution in [0.15, 0.2) is 41.6 Å². The van der Waals surface area contributed by atoms with Crippen molar-refractivity contribution in [1.82, 2.24) is 4.98 Å². The lowest BCUT2D eigenvalue weighted by atomic mass is 10.3. The first-order chi connectivity index (χ1) is 11.9. The molecule has 2 heterocycles. The van der Waals surface area contributed by atoms with Crippen LogP contribution in [0.4, 0.5) is 10.1 Å². The van der Waals surface area contributed by atoms with E-state index in [1.807, 2.05) is 0 Å². The van der Waals surface area contributed by atoms with Gasteiger partial charge >= 0.3 is 5.97 Å². The molecule has 128 valence electrons. The molecule has 0 bridgehead atoms. The number of rotatable bonds is 4. The van der Waals surface area contributed by atoms with Crippen LogP contribution in [0, 0.1) is 5.82 Å². The summed E-state index contributed by atoms with van der Waals surface area (Å²) in [6.45, 7) is 0. The maximum absolute atomic E-state index is 13.3. The van der Waals surface area contributed by atoms with Crippen molar-refractivity contribution in [3.8, 4) is 0 Å². The van der Waals surface area contributed by atoms with Crippen LogP contribution in [-0.2, 0) is 9.59 Å². The Hall–Kier alpha value is -2.45. The Labute approximate surface area is 150 Å². The summed E-state index contributed by atoms with van der Waals surface area (Å²) in [5.41, 5.74) is 0.125. The molecule has 1 aromatic heterocycles. The van der Waals surface area contributed by atoms with Gasteiger partial charge in [0.15, 0.2) is 0 Å². The van der Waals surface area contributed by atoms with Crippen molar-refractivity contribution in [2.45, 2.75) is 16.7 Å². The highest BCUT2D eigenvalue weighted by Crippen LogP contribution is 2.35. The van der Waals surface area contributed by atoms with E-state index >= 15 is 0 Å². The molecule has 25 heavy (non-hydrogen) atoms. The molecule has 1 N–H and O–H groups in total. The smallest absolute Gasteiger partial charge is 0.338 e. The minimum atomic E-state index is -1.17. The Kier molecular flexibility index (Phi) is 4.73. The third-order valence-electron chi connectivity index (χ3n) is 3.52. The number of benzene rings is 1. The van der Waals surface area contributed by atoms with Crippen LogP contribution < -0.4 is 4.90 Å². The van der Waals surface area contributed by atoms with E-state index in [1.165, 1.54) is 30.5 Å². The number of hydrogen-bond donors (Lipinski definition) is 1. The first kappa shape index (κ1) is 17.4. The van der Waals surface area contributed by atoms with E-state index in [0.29, 0.717) is 0 Å². The number of imide groups is 1. The molecule has 2 amide bonds. The Morgan fingerprint density at radius 3 is 2.80 bits per heavy atom. The number of aromatic carboxylic acids is 1. The van der Waals surface area contributed by atoms with Gasteiger partial charge in [-0.05, 0) is 30.3 Å². The summed E-state index contributed by atoms with van der Waals surface area (Å²) >= 11 is 6.62. The maximum Gasteiger partial charge on any atom is 0.338 e. The van der Waals surface area contributed by atoms with Crippen molar-refractivity contribution >= 4 is 46.8 Å². The van der Waals surface area contributed by atoms with E-state index in [9.17, 15) is 23.9 Å². The fourth-order valence-electron chi connectivity index (χ4n) is 2.37. The molecule has 1 aromatic carbocycles. The Bertz CT molecular complexity index is 892. The molecular weight excluding hydrogens is 371 g/mol. The number of thioether (sulfide) groups is 1. The second-order valence-corrected chi connectivity index (χ2v) is 6.74. The van der Waals surface area contributed by atoms with Gasteiger partial charge in [0.25, 0.3) is 0 Å². The number of nitrogens with zero attached hydrogens (tertiary/aromatic N) is 2. The number of pyridine rings is 1. The van der Waals surface area contributed by atoms with Gasteiger partial charge in [0, 0.05) is 12.6 Å². The summed E-state index contributed by atoms with van der Waals surface area (Å²) in [6, 6.07) is 6.40. The summed E-state index contributed by atoms with van der Waals surface area (Å²) in [6.07, 6.45) is 1.29. The van der Waals surface area contributed by atoms with Crippen molar-refractivity contribution in [3.63, 3.8) is 0 Å². The van der Waals surface area contributed by atoms with Crippen molar-refractivity contribution in [1.29, 1.82) is 0 Å². The highest BCUT2D eigenvalue weighted by molar-refractivity contribution is 8.00. The van der Waals surface area contributed by atoms with Crippen LogP contribution in [0.25, 0.3) is 0 Å². The van der Waals surface area contributed by atoms with Crippen LogP contribution in [0.2, 0.25) is 5.02 Å². The van der Waals surface area contributed by atoms with Gasteiger partial charge < -0.3 is 5.11 Å². The molecule has 1 aliphatic heterocycles. The van der Waals surface area contributed by atoms with E-state index in [1.54, 1.807) is 0 Å². The molecule has 6 nitrogen and oxygen atoms in total. The molecule has 1 atom stereocenters. The lowest BCUT2D eigenvalue weighted by Crippen LogP contribution is -2.31. The van der Waals surface area contributed by atoms with Gasteiger partial charge in [-0.2, -0.15) is 0 Å². The largest absolute Gasteiger partial charge is 0.478 e. The van der Waals surface area contributed by atoms with Crippen molar-refractivity contribution in [2.24, 2.45) is 0 Å². The summed E-state index contributed by atoms with van der Waals surface area (Å²) in [4.78, 5) is 40.9. The van der Waals surface area contributed by atoms with Crippen LogP contribution in [0.1, 0.15) is 16.8 Å². The number of amides is 2. The summed E-state index contributed by atoms with van der Waals surface area (Å²) in [5.74, 6) is -2.83. The van der Waals surface area contributed by atoms with Gasteiger partial charge in [-0.3, -0.25) is 9.59 Å². The molecule has 9 heteroatoms. The minimum absolute atomic E-state index is 0.0453. The predicted octanol–water partition coefficient (Wildman–Crippen LogP) is 3.00. The number of anilines is 1. The van der Waals surface area contributed by atoms with Gasteiger partial charge in [-0.15, -0.1) is 0 Å². The minimum Gasteiger partial charge on any atom is -0.478 e. The molecule has 3 rings (SSSR count). The first-order valence-electron chi connectivity index (χ1n) is 7.05. The van der Waals surface area contributed by atoms with Crippen LogP contribution in [0.3, 0.4) is 0 Å². The normalized spacial score (nSPS) is 17.2. The molecule has 0 radical (unpaired) electrons. The number of carboxylic acid groups (broad SMARTS) is 1. The van der Waals surface area contributed by atoms with Gasteiger partial charge in [0.05, 0.1) is 21.5 Å². The maximum atomic E-state index is 13.3. The van der Waals surface area contributed by atoms with Crippen LogP contribution >= 0.6 is 23.4 Å². The Morgan fingerprint density at radius 1 is 1.36 bits per heavy atom. The van der Waals surface area contributed by atoms with E-state index in [0.717, 1.165) is 22.7 Å². The van der Waals surface area contributed by atoms with E-state index < -0.39 is 28.9 Å². The van der Waals surface area contributed by atoms with E-state index in [4.69, 9.17) is 11.6 Å². The third kappa shape index (κ3) is 3.35. The summed E-state index contributed by atoms with van der Waals surface area (Å²) < 4.78 is 13.3. The van der Waals surface area contributed by atoms with Crippen LogP contribution in [0.5, 0.6) is 0 Å². The number of halogens is 2. The molecule has 1 aliphatic rings. The second-order valence-electron chi connectivity index (χ2n) is 5.14. The summed E-state index contributed by atoms with van der Waals surface area (Å²) in [5, 5.41) is 8.31. The van der Waals surface area contributed by atoms with E-state index in [-0.39, 0.29) is 27.7 Å². The Balaban J connectivity index is 1.87. The SMILES string of the molecule is O=C(O)c1cccnc1S[C@H]1CC(=O)N(c2ccc(F)c(Cl)c2)C1=O. The zero-order chi connectivity index (χ0) is 18.1. The number of carboxylic acids is 1. The molecule has 0 aliphatic carbocycles. The molecule has 1 fully saturated rings. The van der Waals surface area contributed by atoms with Crippen molar-refractivity contribution in [3.05, 3.63) is 52.9 Å². The second kappa shape index (κ2) is 6.81. The average molecular weight is 381 g/mol. The van der Waals surface area contributed by atoms with Crippen molar-refractivity contribution < 1.29 is 23.9 Å². The highest BCUT2D eigenvalue weighted by atomic mass is 35.5. The highest BCUT2D eigenvalue weighted by Gasteiger charge is 2.41. The molecule has 0 unspecified atom stereocenters. The third-order valence-corrected chi connectivity index (χ3v) is 5.01. The number of aromatic nitrogens is 1. The molecule has 2 aromatic rings. The van der Waals surface area contributed by atoms with Gasteiger partial charge in [-0.25, -0.2) is 19.1 Å². The lowest BCUT2D eigenvalue weighted by molar-refractivity contribution is -0.121. The van der Waals surface area contributed by atoms with Gasteiger partial charge in [-0.1, -0.05) is 23.4 Å². The molecule has 0 spiro atoms. The quantitative estimate of drug-likeness (QED) is 0.820. The molecular formula is C16H10ClFN2O4S. The zero-order valence-electron chi connectivity index (χ0n) is 12.5. The van der Waals surface area contributed by atoms with Crippen LogP contribution in [-0.4, -0.2) is 33.1 Å². The average Bonchev–Trinajstić information content (AvgIpc) is 2.84. The van der Waals surface area contributed by atoms with Gasteiger partial charge in [0.1, 0.15) is 10.8 Å². The fraction of sp³-hybridized carbons (Fsp3) is 0.125. The number of carbonyl (C=O) groups excluding carboxylic acids is 2. The monoisotopic (exact) mass is 380 g/mol. The number of hydrogen-bond acceptors (Lipinski definition) is 5. The lowest BCUT2D eigenvalue weighted by Gasteiger charge is -2.15. The Morgan fingerprint density at radius 2 is 2.12 bits per heavy atom. The first-order valence-corrected chi connectivity index (χ1v) is 8.31. The van der Waals surface area contributed by atoms with Gasteiger partial charge in [0.2, 0.25) is 11.8 Å². The van der Waals surface area contributed by atoms with E-state index in [2.05, 4.69) is 4.98 Å². The fourth-order valence-corrected chi connectivity index (χ4v) is 3.65. The summed E-state index contributed by atoms with van der Waals surface area (Å²) in [7, 11) is 0. The topological polar surface area (TPSA) is 87.6 Å².